The van der Waals surface area contributed by atoms with Gasteiger partial charge in [0, 0.05) is 0 Å². The third kappa shape index (κ3) is 34.0. The van der Waals surface area contributed by atoms with Gasteiger partial charge < -0.3 is 28.5 Å². The van der Waals surface area contributed by atoms with E-state index in [0.717, 1.165) is 0 Å². The zero-order valence-corrected chi connectivity index (χ0v) is 33.9. The van der Waals surface area contributed by atoms with Crippen molar-refractivity contribution in [2.75, 3.05) is 26.2 Å². The Labute approximate surface area is 299 Å². The minimum absolute atomic E-state index is 0. The largest absolute Gasteiger partial charge is 1.00 e. The Morgan fingerprint density at radius 1 is 0.205 bits per heavy atom. The second-order valence-electron chi connectivity index (χ2n) is 14.8. The zero-order chi connectivity index (χ0) is 31.4. The Morgan fingerprint density at radius 2 is 0.386 bits per heavy atom. The second-order valence-corrected chi connectivity index (χ2v) is 14.8. The van der Waals surface area contributed by atoms with Crippen molar-refractivity contribution in [1.82, 2.24) is 0 Å². The summed E-state index contributed by atoms with van der Waals surface area (Å²) >= 11 is 0. The van der Waals surface area contributed by atoms with Crippen LogP contribution in [0.15, 0.2) is 0 Å². The Hall–Kier alpha value is 0.690. The minimum Gasteiger partial charge on any atom is -1.00 e. The van der Waals surface area contributed by atoms with Gasteiger partial charge in [-0.1, -0.05) is 207 Å². The van der Waals surface area contributed by atoms with Crippen LogP contribution in [0, 0.1) is 0 Å². The number of rotatable bonds is 38. The van der Waals surface area contributed by atoms with Crippen molar-refractivity contribution in [1.29, 1.82) is 0 Å². The lowest BCUT2D eigenvalue weighted by Crippen LogP contribution is -3.00. The van der Waals surface area contributed by atoms with Crippen LogP contribution >= 0.6 is 0 Å². The number of quaternary nitrogens is 1. The van der Waals surface area contributed by atoms with Crippen molar-refractivity contribution in [3.05, 3.63) is 0 Å². The maximum absolute atomic E-state index is 2.42. The number of hydrogen-bond acceptors (Lipinski definition) is 0. The minimum atomic E-state index is 0. The molecule has 0 amide bonds. The van der Waals surface area contributed by atoms with Crippen molar-refractivity contribution in [2.45, 2.75) is 246 Å². The van der Waals surface area contributed by atoms with E-state index in [0.29, 0.717) is 0 Å². The first-order valence-corrected chi connectivity index (χ1v) is 21.1. The highest BCUT2D eigenvalue weighted by Gasteiger charge is 2.24. The van der Waals surface area contributed by atoms with Gasteiger partial charge in [-0.2, -0.15) is 0 Å². The molecule has 1 nitrogen and oxygen atoms in total. The van der Waals surface area contributed by atoms with Crippen molar-refractivity contribution < 1.29 is 28.5 Å². The van der Waals surface area contributed by atoms with Gasteiger partial charge in [-0.05, 0) is 38.5 Å². The van der Waals surface area contributed by atoms with Crippen LogP contribution in [-0.2, 0) is 0 Å². The Morgan fingerprint density at radius 3 is 0.568 bits per heavy atom. The molecule has 0 aromatic carbocycles. The monoisotopic (exact) mass is 734 g/mol. The highest BCUT2D eigenvalue weighted by atomic mass is 127. The predicted octanol–water partition coefficient (Wildman–Crippen LogP) is 12.2. The lowest BCUT2D eigenvalue weighted by Gasteiger charge is -2.39. The summed E-state index contributed by atoms with van der Waals surface area (Å²) in [6.45, 7) is 15.2. The van der Waals surface area contributed by atoms with Crippen LogP contribution in [0.1, 0.15) is 246 Å². The summed E-state index contributed by atoms with van der Waals surface area (Å²) in [5.74, 6) is 0. The molecule has 0 unspecified atom stereocenters. The maximum Gasteiger partial charge on any atom is 0.0786 e. The van der Waals surface area contributed by atoms with Crippen LogP contribution < -0.4 is 24.0 Å². The molecule has 0 aromatic heterocycles. The van der Waals surface area contributed by atoms with E-state index in [1.54, 1.807) is 0 Å². The van der Waals surface area contributed by atoms with Gasteiger partial charge >= 0.3 is 0 Å². The standard InChI is InChI=1S/C42H88N.HI/c1-5-9-11-13-15-17-19-21-23-25-27-29-31-33-35-37-41-43(39-7-3,40-8-4)42-38-36-34-32-30-28-26-24-22-20-18-16-14-12-10-6-2;/h5-42H2,1-4H3;1H/q+1;/p-1. The molecular formula is C42H88IN. The molecule has 0 saturated heterocycles. The summed E-state index contributed by atoms with van der Waals surface area (Å²) in [6, 6.07) is 0. The van der Waals surface area contributed by atoms with Crippen LogP contribution in [0.3, 0.4) is 0 Å². The van der Waals surface area contributed by atoms with Gasteiger partial charge in [0.25, 0.3) is 0 Å². The first-order valence-electron chi connectivity index (χ1n) is 21.1. The van der Waals surface area contributed by atoms with Gasteiger partial charge in [0.1, 0.15) is 0 Å². The topological polar surface area (TPSA) is 0 Å². The average Bonchev–Trinajstić information content (AvgIpc) is 3.01. The van der Waals surface area contributed by atoms with Gasteiger partial charge in [-0.3, -0.25) is 0 Å². The van der Waals surface area contributed by atoms with E-state index in [1.165, 1.54) is 249 Å². The Balaban J connectivity index is 0. The van der Waals surface area contributed by atoms with E-state index in [2.05, 4.69) is 27.7 Å². The third-order valence-electron chi connectivity index (χ3n) is 10.4. The van der Waals surface area contributed by atoms with Crippen LogP contribution in [0.25, 0.3) is 0 Å². The number of nitrogens with zero attached hydrogens (tertiary/aromatic N) is 1. The Bertz CT molecular complexity index is 448. The van der Waals surface area contributed by atoms with Gasteiger partial charge in [0.2, 0.25) is 0 Å². The molecule has 0 aliphatic heterocycles. The third-order valence-corrected chi connectivity index (χ3v) is 10.4. The van der Waals surface area contributed by atoms with Gasteiger partial charge in [0.05, 0.1) is 26.2 Å². The zero-order valence-electron chi connectivity index (χ0n) is 31.7. The number of unbranched alkanes of at least 4 members (excludes halogenated alkanes) is 30. The highest BCUT2D eigenvalue weighted by molar-refractivity contribution is 4.54. The van der Waals surface area contributed by atoms with Crippen LogP contribution in [0.2, 0.25) is 0 Å². The molecule has 0 bridgehead atoms. The van der Waals surface area contributed by atoms with Crippen molar-refractivity contribution in [2.24, 2.45) is 0 Å². The molecule has 0 saturated carbocycles. The average molecular weight is 734 g/mol. The van der Waals surface area contributed by atoms with E-state index >= 15 is 0 Å². The number of hydrogen-bond donors (Lipinski definition) is 0. The first-order chi connectivity index (χ1) is 21.2. The summed E-state index contributed by atoms with van der Waals surface area (Å²) in [5, 5.41) is 0. The molecule has 0 atom stereocenters. The van der Waals surface area contributed by atoms with E-state index in [4.69, 9.17) is 0 Å². The normalized spacial score (nSPS) is 11.7. The fraction of sp³-hybridized carbons (Fsp3) is 1.00. The fourth-order valence-electron chi connectivity index (χ4n) is 7.61. The number of halogens is 1. The van der Waals surface area contributed by atoms with Crippen molar-refractivity contribution in [3.63, 3.8) is 0 Å². The fourth-order valence-corrected chi connectivity index (χ4v) is 7.61. The van der Waals surface area contributed by atoms with E-state index in [9.17, 15) is 0 Å². The summed E-state index contributed by atoms with van der Waals surface area (Å²) in [7, 11) is 0. The molecule has 268 valence electrons. The molecular weight excluding hydrogens is 645 g/mol. The maximum atomic E-state index is 2.42. The first kappa shape index (κ1) is 46.8. The molecule has 0 aliphatic rings. The summed E-state index contributed by atoms with van der Waals surface area (Å²) in [5.41, 5.74) is 0. The smallest absolute Gasteiger partial charge is 0.0786 e. The quantitative estimate of drug-likeness (QED) is 0.0337. The van der Waals surface area contributed by atoms with Gasteiger partial charge in [0.15, 0.2) is 0 Å². The van der Waals surface area contributed by atoms with E-state index in [1.807, 2.05) is 0 Å². The SMILES string of the molecule is CCCCCCCCCCCCCCCCCC[N+](CCC)(CCC)CCCCCCCCCCCCCCCCCC.[I-]. The van der Waals surface area contributed by atoms with Crippen molar-refractivity contribution >= 4 is 0 Å². The van der Waals surface area contributed by atoms with E-state index in [-0.39, 0.29) is 24.0 Å². The summed E-state index contributed by atoms with van der Waals surface area (Å²) in [4.78, 5) is 0. The van der Waals surface area contributed by atoms with Crippen LogP contribution in [-0.4, -0.2) is 30.7 Å². The molecule has 2 heteroatoms. The highest BCUT2D eigenvalue weighted by Crippen LogP contribution is 2.19. The van der Waals surface area contributed by atoms with Crippen LogP contribution in [0.4, 0.5) is 0 Å². The molecule has 0 radical (unpaired) electrons. The molecule has 0 aliphatic carbocycles. The summed E-state index contributed by atoms with van der Waals surface area (Å²) < 4.78 is 1.43. The van der Waals surface area contributed by atoms with Gasteiger partial charge in [-0.25, -0.2) is 0 Å². The van der Waals surface area contributed by atoms with Crippen LogP contribution in [0.5, 0.6) is 0 Å². The lowest BCUT2D eigenvalue weighted by molar-refractivity contribution is -0.928. The molecule has 0 heterocycles. The molecule has 0 aromatic rings. The Kier molecular flexibility index (Phi) is 42.4. The van der Waals surface area contributed by atoms with Gasteiger partial charge in [-0.15, -0.1) is 0 Å². The molecule has 0 fully saturated rings. The predicted molar refractivity (Wildman–Crippen MR) is 199 cm³/mol. The molecule has 0 spiro atoms. The van der Waals surface area contributed by atoms with E-state index < -0.39 is 0 Å². The second kappa shape index (κ2) is 39.9. The molecule has 0 N–H and O–H groups in total. The molecule has 0 rings (SSSR count). The molecule has 44 heavy (non-hydrogen) atoms. The lowest BCUT2D eigenvalue weighted by atomic mass is 10.0. The summed E-state index contributed by atoms with van der Waals surface area (Å²) in [6.07, 6.45) is 49.8. The van der Waals surface area contributed by atoms with Crippen molar-refractivity contribution in [3.8, 4) is 0 Å².